The van der Waals surface area contributed by atoms with Crippen LogP contribution in [0.5, 0.6) is 5.75 Å². The predicted octanol–water partition coefficient (Wildman–Crippen LogP) is 4.38. The summed E-state index contributed by atoms with van der Waals surface area (Å²) in [5.41, 5.74) is 5.02. The molecule has 1 amide bonds. The molecule has 122 valence electrons. The molecule has 0 spiro atoms. The standard InChI is InChI=1S/C19H22ClNO2/c1-12-5-6-16(11-18(12)20)23-8-7-21-19(22)17-10-14(3)13(2)9-15(17)4/h5-6,9-11H,7-8H2,1-4H3,(H,21,22). The Bertz CT molecular complexity index is 726. The minimum Gasteiger partial charge on any atom is -0.492 e. The van der Waals surface area contributed by atoms with Gasteiger partial charge in [-0.05, 0) is 68.1 Å². The Morgan fingerprint density at radius 1 is 1.00 bits per heavy atom. The predicted molar refractivity (Wildman–Crippen MR) is 94.7 cm³/mol. The van der Waals surface area contributed by atoms with Crippen molar-refractivity contribution in [2.24, 2.45) is 0 Å². The van der Waals surface area contributed by atoms with Crippen molar-refractivity contribution in [2.45, 2.75) is 27.7 Å². The average Bonchev–Trinajstić information content (AvgIpc) is 2.50. The number of carbonyl (C=O) groups is 1. The second-order valence-corrected chi connectivity index (χ2v) is 6.17. The third-order valence-electron chi connectivity index (χ3n) is 3.88. The van der Waals surface area contributed by atoms with E-state index in [-0.39, 0.29) is 5.91 Å². The largest absolute Gasteiger partial charge is 0.492 e. The molecular formula is C19H22ClNO2. The summed E-state index contributed by atoms with van der Waals surface area (Å²) in [5.74, 6) is 0.633. The SMILES string of the molecule is Cc1cc(C)c(C(=O)NCCOc2ccc(C)c(Cl)c2)cc1C. The van der Waals surface area contributed by atoms with Crippen LogP contribution in [0.25, 0.3) is 0 Å². The number of carbonyl (C=O) groups excluding carboxylic acids is 1. The van der Waals surface area contributed by atoms with E-state index in [0.717, 1.165) is 16.7 Å². The molecule has 1 N–H and O–H groups in total. The summed E-state index contributed by atoms with van der Waals surface area (Å²) in [6.45, 7) is 8.79. The molecule has 0 saturated carbocycles. The molecule has 0 bridgehead atoms. The van der Waals surface area contributed by atoms with Gasteiger partial charge in [0.25, 0.3) is 5.91 Å². The first-order valence-electron chi connectivity index (χ1n) is 7.63. The molecule has 0 heterocycles. The lowest BCUT2D eigenvalue weighted by molar-refractivity contribution is 0.0946. The first-order chi connectivity index (χ1) is 10.9. The number of aryl methyl sites for hydroxylation is 4. The van der Waals surface area contributed by atoms with Crippen molar-refractivity contribution in [1.29, 1.82) is 0 Å². The zero-order valence-electron chi connectivity index (χ0n) is 14.0. The van der Waals surface area contributed by atoms with Gasteiger partial charge in [0.05, 0.1) is 6.54 Å². The van der Waals surface area contributed by atoms with E-state index in [2.05, 4.69) is 5.32 Å². The summed E-state index contributed by atoms with van der Waals surface area (Å²) in [4.78, 5) is 12.3. The van der Waals surface area contributed by atoms with E-state index in [1.165, 1.54) is 5.56 Å². The van der Waals surface area contributed by atoms with E-state index in [4.69, 9.17) is 16.3 Å². The van der Waals surface area contributed by atoms with Crippen molar-refractivity contribution >= 4 is 17.5 Å². The molecule has 0 aromatic heterocycles. The van der Waals surface area contributed by atoms with Crippen LogP contribution < -0.4 is 10.1 Å². The van der Waals surface area contributed by atoms with Crippen LogP contribution in [0.2, 0.25) is 5.02 Å². The van der Waals surface area contributed by atoms with Crippen molar-refractivity contribution in [3.05, 3.63) is 63.2 Å². The van der Waals surface area contributed by atoms with Crippen LogP contribution in [0, 0.1) is 27.7 Å². The highest BCUT2D eigenvalue weighted by Crippen LogP contribution is 2.21. The Balaban J connectivity index is 1.87. The number of hydrogen-bond acceptors (Lipinski definition) is 2. The van der Waals surface area contributed by atoms with Crippen LogP contribution in [0.3, 0.4) is 0 Å². The minimum absolute atomic E-state index is 0.0730. The molecule has 2 aromatic rings. The number of amides is 1. The van der Waals surface area contributed by atoms with Crippen molar-refractivity contribution in [3.63, 3.8) is 0 Å². The van der Waals surface area contributed by atoms with Crippen LogP contribution in [0.1, 0.15) is 32.6 Å². The fraction of sp³-hybridized carbons (Fsp3) is 0.316. The van der Waals surface area contributed by atoms with Crippen LogP contribution in [0.15, 0.2) is 30.3 Å². The highest BCUT2D eigenvalue weighted by atomic mass is 35.5. The Hall–Kier alpha value is -2.00. The molecule has 0 radical (unpaired) electrons. The smallest absolute Gasteiger partial charge is 0.251 e. The Labute approximate surface area is 142 Å². The number of halogens is 1. The van der Waals surface area contributed by atoms with Gasteiger partial charge in [0.2, 0.25) is 0 Å². The molecule has 2 aromatic carbocycles. The van der Waals surface area contributed by atoms with Gasteiger partial charge in [0.15, 0.2) is 0 Å². The fourth-order valence-electron chi connectivity index (χ4n) is 2.30. The van der Waals surface area contributed by atoms with Crippen molar-refractivity contribution in [3.8, 4) is 5.75 Å². The summed E-state index contributed by atoms with van der Waals surface area (Å²) < 4.78 is 5.60. The maximum absolute atomic E-state index is 12.3. The van der Waals surface area contributed by atoms with Gasteiger partial charge in [-0.25, -0.2) is 0 Å². The monoisotopic (exact) mass is 331 g/mol. The molecule has 3 nitrogen and oxygen atoms in total. The molecule has 0 aliphatic rings. The number of nitrogens with one attached hydrogen (secondary N) is 1. The normalized spacial score (nSPS) is 10.5. The molecule has 0 atom stereocenters. The van der Waals surface area contributed by atoms with Gasteiger partial charge in [-0.1, -0.05) is 23.7 Å². The van der Waals surface area contributed by atoms with Gasteiger partial charge in [-0.15, -0.1) is 0 Å². The average molecular weight is 332 g/mol. The summed E-state index contributed by atoms with van der Waals surface area (Å²) in [5, 5.41) is 3.56. The molecular weight excluding hydrogens is 310 g/mol. The minimum atomic E-state index is -0.0730. The summed E-state index contributed by atoms with van der Waals surface area (Å²) in [6, 6.07) is 9.53. The second-order valence-electron chi connectivity index (χ2n) is 5.77. The Kier molecular flexibility index (Phi) is 5.67. The van der Waals surface area contributed by atoms with Crippen molar-refractivity contribution < 1.29 is 9.53 Å². The van der Waals surface area contributed by atoms with E-state index in [1.807, 2.05) is 52.0 Å². The van der Waals surface area contributed by atoms with Crippen LogP contribution in [-0.4, -0.2) is 19.1 Å². The molecule has 2 rings (SSSR count). The van der Waals surface area contributed by atoms with Crippen LogP contribution in [-0.2, 0) is 0 Å². The molecule has 0 unspecified atom stereocenters. The topological polar surface area (TPSA) is 38.3 Å². The first kappa shape index (κ1) is 17.4. The third-order valence-corrected chi connectivity index (χ3v) is 4.29. The zero-order valence-corrected chi connectivity index (χ0v) is 14.8. The van der Waals surface area contributed by atoms with Gasteiger partial charge in [0.1, 0.15) is 12.4 Å². The molecule has 4 heteroatoms. The summed E-state index contributed by atoms with van der Waals surface area (Å²) >= 11 is 6.05. The summed E-state index contributed by atoms with van der Waals surface area (Å²) in [6.07, 6.45) is 0. The third kappa shape index (κ3) is 4.49. The fourth-order valence-corrected chi connectivity index (χ4v) is 2.47. The van der Waals surface area contributed by atoms with E-state index < -0.39 is 0 Å². The van der Waals surface area contributed by atoms with Gasteiger partial charge in [0, 0.05) is 10.6 Å². The lowest BCUT2D eigenvalue weighted by atomic mass is 10.0. The quantitative estimate of drug-likeness (QED) is 0.825. The Morgan fingerprint density at radius 2 is 1.70 bits per heavy atom. The number of benzene rings is 2. The molecule has 0 saturated heterocycles. The van der Waals surface area contributed by atoms with Gasteiger partial charge in [-0.2, -0.15) is 0 Å². The molecule has 0 aliphatic carbocycles. The van der Waals surface area contributed by atoms with E-state index >= 15 is 0 Å². The lowest BCUT2D eigenvalue weighted by Gasteiger charge is -2.11. The number of rotatable bonds is 5. The molecule has 23 heavy (non-hydrogen) atoms. The highest BCUT2D eigenvalue weighted by Gasteiger charge is 2.10. The second kappa shape index (κ2) is 7.51. The zero-order chi connectivity index (χ0) is 17.0. The highest BCUT2D eigenvalue weighted by molar-refractivity contribution is 6.31. The van der Waals surface area contributed by atoms with Crippen LogP contribution >= 0.6 is 11.6 Å². The van der Waals surface area contributed by atoms with Gasteiger partial charge >= 0.3 is 0 Å². The molecule has 0 fully saturated rings. The van der Waals surface area contributed by atoms with E-state index in [0.29, 0.717) is 29.5 Å². The first-order valence-corrected chi connectivity index (χ1v) is 8.01. The van der Waals surface area contributed by atoms with E-state index in [1.54, 1.807) is 6.07 Å². The van der Waals surface area contributed by atoms with Gasteiger partial charge in [-0.3, -0.25) is 4.79 Å². The summed E-state index contributed by atoms with van der Waals surface area (Å²) in [7, 11) is 0. The van der Waals surface area contributed by atoms with E-state index in [9.17, 15) is 4.79 Å². The van der Waals surface area contributed by atoms with Crippen LogP contribution in [0.4, 0.5) is 0 Å². The van der Waals surface area contributed by atoms with Gasteiger partial charge < -0.3 is 10.1 Å². The maximum Gasteiger partial charge on any atom is 0.251 e. The number of hydrogen-bond donors (Lipinski definition) is 1. The van der Waals surface area contributed by atoms with Crippen molar-refractivity contribution in [1.82, 2.24) is 5.32 Å². The lowest BCUT2D eigenvalue weighted by Crippen LogP contribution is -2.28. The van der Waals surface area contributed by atoms with Crippen molar-refractivity contribution in [2.75, 3.05) is 13.2 Å². The maximum atomic E-state index is 12.3. The number of ether oxygens (including phenoxy) is 1. The Morgan fingerprint density at radius 3 is 2.39 bits per heavy atom. The molecule has 0 aliphatic heterocycles.